The maximum absolute atomic E-state index is 13.2. The number of alkyl halides is 3. The largest absolute Gasteiger partial charge is 0.420 e. The number of anilines is 1. The van der Waals surface area contributed by atoms with E-state index < -0.39 is 11.7 Å². The average Bonchev–Trinajstić information content (AvgIpc) is 2.80. The zero-order valence-electron chi connectivity index (χ0n) is 10.4. The molecule has 0 bridgehead atoms. The van der Waals surface area contributed by atoms with Crippen molar-refractivity contribution in [2.75, 3.05) is 5.73 Å². The molecular weight excluding hydrogens is 349 g/mol. The lowest BCUT2D eigenvalue weighted by molar-refractivity contribution is -0.137. The van der Waals surface area contributed by atoms with E-state index in [2.05, 4.69) is 26.0 Å². The summed E-state index contributed by atoms with van der Waals surface area (Å²) in [5, 5.41) is 4.68. The summed E-state index contributed by atoms with van der Waals surface area (Å²) in [7, 11) is 0. The third kappa shape index (κ3) is 2.46. The Morgan fingerprint density at radius 1 is 1.14 bits per heavy atom. The van der Waals surface area contributed by atoms with Gasteiger partial charge in [0.2, 0.25) is 0 Å². The Kier molecular flexibility index (Phi) is 3.12. The van der Waals surface area contributed by atoms with E-state index in [0.717, 1.165) is 10.7 Å². The average molecular weight is 357 g/mol. The molecule has 0 spiro atoms. The van der Waals surface area contributed by atoms with Crippen molar-refractivity contribution in [2.24, 2.45) is 0 Å². The van der Waals surface area contributed by atoms with Crippen molar-refractivity contribution in [3.8, 4) is 5.82 Å². The van der Waals surface area contributed by atoms with Crippen LogP contribution in [0.5, 0.6) is 0 Å². The van der Waals surface area contributed by atoms with Gasteiger partial charge in [0.25, 0.3) is 0 Å². The van der Waals surface area contributed by atoms with Gasteiger partial charge >= 0.3 is 6.18 Å². The topological polar surface area (TPSA) is 56.7 Å². The number of benzene rings is 1. The first-order valence-corrected chi connectivity index (χ1v) is 6.62. The molecule has 108 valence electrons. The normalized spacial score (nSPS) is 12.0. The number of nitrogen functional groups attached to an aromatic ring is 1. The fourth-order valence-corrected chi connectivity index (χ4v) is 2.34. The Bertz CT molecular complexity index is 826. The van der Waals surface area contributed by atoms with Crippen molar-refractivity contribution in [2.45, 2.75) is 6.18 Å². The maximum Gasteiger partial charge on any atom is 0.420 e. The minimum atomic E-state index is -4.54. The van der Waals surface area contributed by atoms with Gasteiger partial charge in [-0.05, 0) is 40.2 Å². The first-order valence-electron chi connectivity index (χ1n) is 5.82. The van der Waals surface area contributed by atoms with Crippen molar-refractivity contribution in [1.29, 1.82) is 0 Å². The van der Waals surface area contributed by atoms with E-state index in [9.17, 15) is 13.2 Å². The Hall–Kier alpha value is -2.09. The summed E-state index contributed by atoms with van der Waals surface area (Å²) >= 11 is 3.00. The highest BCUT2D eigenvalue weighted by atomic mass is 79.9. The highest BCUT2D eigenvalue weighted by Gasteiger charge is 2.35. The number of pyridine rings is 1. The lowest BCUT2D eigenvalue weighted by Crippen LogP contribution is -2.13. The number of fused-ring (bicyclic) bond motifs is 1. The van der Waals surface area contributed by atoms with E-state index in [1.165, 1.54) is 12.4 Å². The van der Waals surface area contributed by atoms with Crippen LogP contribution >= 0.6 is 15.9 Å². The Morgan fingerprint density at radius 2 is 1.90 bits per heavy atom. The van der Waals surface area contributed by atoms with Gasteiger partial charge in [0.1, 0.15) is 5.56 Å². The fourth-order valence-electron chi connectivity index (χ4n) is 2.01. The van der Waals surface area contributed by atoms with Crippen LogP contribution in [0.15, 0.2) is 41.1 Å². The van der Waals surface area contributed by atoms with Gasteiger partial charge in [0.15, 0.2) is 5.82 Å². The molecule has 3 rings (SSSR count). The molecular formula is C13H8BrF3N4. The van der Waals surface area contributed by atoms with Gasteiger partial charge in [-0.15, -0.1) is 0 Å². The molecule has 0 atom stereocenters. The number of nitrogens with two attached hydrogens (primary N) is 1. The van der Waals surface area contributed by atoms with E-state index in [0.29, 0.717) is 16.6 Å². The van der Waals surface area contributed by atoms with Gasteiger partial charge in [0, 0.05) is 21.7 Å². The van der Waals surface area contributed by atoms with Crippen LogP contribution in [0, 0.1) is 0 Å². The van der Waals surface area contributed by atoms with Crippen LogP contribution < -0.4 is 5.73 Å². The van der Waals surface area contributed by atoms with Gasteiger partial charge in [0.05, 0.1) is 11.7 Å². The molecule has 2 heterocycles. The number of halogens is 4. The summed E-state index contributed by atoms with van der Waals surface area (Å²) in [5.41, 5.74) is 5.72. The molecule has 0 aliphatic heterocycles. The molecule has 4 nitrogen and oxygen atoms in total. The Balaban J connectivity index is 2.30. The fraction of sp³-hybridized carbons (Fsp3) is 0.0769. The summed E-state index contributed by atoms with van der Waals surface area (Å²) in [5.74, 6) is -0.286. The quantitative estimate of drug-likeness (QED) is 0.675. The molecule has 21 heavy (non-hydrogen) atoms. The van der Waals surface area contributed by atoms with Crippen LogP contribution in [0.3, 0.4) is 0 Å². The standard InChI is InChI=1S/C13H8BrF3N4/c14-8-3-10(13(15,16)17)12(19-6-8)21-11-4-9(18)2-1-7(11)5-20-21/h1-6H,18H2. The lowest BCUT2D eigenvalue weighted by Gasteiger charge is -2.13. The second kappa shape index (κ2) is 4.73. The van der Waals surface area contributed by atoms with Gasteiger partial charge < -0.3 is 5.73 Å². The van der Waals surface area contributed by atoms with E-state index in [1.807, 2.05) is 0 Å². The summed E-state index contributed by atoms with van der Waals surface area (Å²) in [6, 6.07) is 5.89. The molecule has 2 aromatic heterocycles. The van der Waals surface area contributed by atoms with Gasteiger partial charge in [-0.3, -0.25) is 0 Å². The lowest BCUT2D eigenvalue weighted by atomic mass is 10.2. The van der Waals surface area contributed by atoms with Crippen LogP contribution in [-0.4, -0.2) is 14.8 Å². The Morgan fingerprint density at radius 3 is 2.62 bits per heavy atom. The number of rotatable bonds is 1. The van der Waals surface area contributed by atoms with Gasteiger partial charge in [-0.1, -0.05) is 0 Å². The number of aromatic nitrogens is 3. The zero-order valence-corrected chi connectivity index (χ0v) is 12.0. The highest BCUT2D eigenvalue weighted by Crippen LogP contribution is 2.35. The van der Waals surface area contributed by atoms with Crippen molar-refractivity contribution in [1.82, 2.24) is 14.8 Å². The second-order valence-corrected chi connectivity index (χ2v) is 5.31. The molecule has 0 unspecified atom stereocenters. The Labute approximate surface area is 125 Å². The zero-order chi connectivity index (χ0) is 15.2. The molecule has 0 saturated carbocycles. The molecule has 0 fully saturated rings. The first-order chi connectivity index (χ1) is 9.86. The third-order valence-corrected chi connectivity index (χ3v) is 3.37. The molecule has 0 aliphatic rings. The van der Waals surface area contributed by atoms with E-state index in [-0.39, 0.29) is 10.3 Å². The van der Waals surface area contributed by atoms with Crippen LogP contribution in [0.2, 0.25) is 0 Å². The summed E-state index contributed by atoms with van der Waals surface area (Å²) in [6.07, 6.45) is -1.77. The van der Waals surface area contributed by atoms with E-state index in [1.54, 1.807) is 18.2 Å². The SMILES string of the molecule is Nc1ccc2cnn(-c3ncc(Br)cc3C(F)(F)F)c2c1. The highest BCUT2D eigenvalue weighted by molar-refractivity contribution is 9.10. The number of hydrogen-bond donors (Lipinski definition) is 1. The van der Waals surface area contributed by atoms with Crippen LogP contribution in [0.1, 0.15) is 5.56 Å². The van der Waals surface area contributed by atoms with Crippen LogP contribution in [-0.2, 0) is 6.18 Å². The van der Waals surface area contributed by atoms with Crippen molar-refractivity contribution in [3.63, 3.8) is 0 Å². The van der Waals surface area contributed by atoms with Gasteiger partial charge in [-0.2, -0.15) is 18.3 Å². The van der Waals surface area contributed by atoms with Crippen LogP contribution in [0.25, 0.3) is 16.7 Å². The van der Waals surface area contributed by atoms with E-state index >= 15 is 0 Å². The molecule has 2 N–H and O–H groups in total. The molecule has 0 amide bonds. The molecule has 8 heteroatoms. The van der Waals surface area contributed by atoms with Gasteiger partial charge in [-0.25, -0.2) is 9.67 Å². The summed E-state index contributed by atoms with van der Waals surface area (Å²) < 4.78 is 40.9. The predicted molar refractivity (Wildman–Crippen MR) is 76.0 cm³/mol. The number of nitrogens with zero attached hydrogens (tertiary/aromatic N) is 3. The minimum absolute atomic E-state index is 0.245. The smallest absolute Gasteiger partial charge is 0.399 e. The third-order valence-electron chi connectivity index (χ3n) is 2.93. The summed E-state index contributed by atoms with van der Waals surface area (Å²) in [6.45, 7) is 0. The van der Waals surface area contributed by atoms with Crippen molar-refractivity contribution < 1.29 is 13.2 Å². The number of hydrogen-bond acceptors (Lipinski definition) is 3. The monoisotopic (exact) mass is 356 g/mol. The molecule has 0 radical (unpaired) electrons. The maximum atomic E-state index is 13.2. The van der Waals surface area contributed by atoms with Crippen molar-refractivity contribution in [3.05, 3.63) is 46.7 Å². The summed E-state index contributed by atoms with van der Waals surface area (Å²) in [4.78, 5) is 3.86. The predicted octanol–water partition coefficient (Wildman–Crippen LogP) is 3.78. The molecule has 0 saturated heterocycles. The molecule has 3 aromatic rings. The molecule has 0 aliphatic carbocycles. The molecule has 1 aromatic carbocycles. The first kappa shape index (κ1) is 13.9. The minimum Gasteiger partial charge on any atom is -0.399 e. The van der Waals surface area contributed by atoms with E-state index in [4.69, 9.17) is 5.73 Å². The van der Waals surface area contributed by atoms with Crippen molar-refractivity contribution >= 4 is 32.5 Å². The van der Waals surface area contributed by atoms with Crippen LogP contribution in [0.4, 0.5) is 18.9 Å². The second-order valence-electron chi connectivity index (χ2n) is 4.40.